The van der Waals surface area contributed by atoms with Gasteiger partial charge in [-0.1, -0.05) is 6.92 Å². The number of ketones is 1. The van der Waals surface area contributed by atoms with Gasteiger partial charge in [0, 0.05) is 45.2 Å². The summed E-state index contributed by atoms with van der Waals surface area (Å²) in [5.74, 6) is 2.67. The molecule has 2 fully saturated rings. The summed E-state index contributed by atoms with van der Waals surface area (Å²) in [6.45, 7) is 5.14. The van der Waals surface area contributed by atoms with E-state index in [4.69, 9.17) is 4.74 Å². The Morgan fingerprint density at radius 2 is 1.75 bits per heavy atom. The topological polar surface area (TPSA) is 70.0 Å². The first-order valence-corrected chi connectivity index (χ1v) is 13.3. The molecule has 0 amide bonds. The smallest absolute Gasteiger partial charge is 0.195 e. The highest BCUT2D eigenvalue weighted by molar-refractivity contribution is 7.22. The molecule has 0 spiro atoms. The van der Waals surface area contributed by atoms with Crippen LogP contribution < -0.4 is 4.74 Å². The number of carbonyl (C=O) groups is 1. The summed E-state index contributed by atoms with van der Waals surface area (Å²) in [6.07, 6.45) is 2.70. The molecule has 6 rings (SSSR count). The quantitative estimate of drug-likeness (QED) is 0.291. The van der Waals surface area contributed by atoms with Crippen LogP contribution in [0.2, 0.25) is 0 Å². The SMILES string of the molecule is CC1CC2CC1N(CCOc1ccc(C(=O)c3c(-c4ccc(O)cc4)sc4cc(O)ccc34)cc1)C2. The van der Waals surface area contributed by atoms with Crippen molar-refractivity contribution in [2.75, 3.05) is 19.7 Å². The van der Waals surface area contributed by atoms with Crippen molar-refractivity contribution in [3.05, 3.63) is 77.9 Å². The first-order chi connectivity index (χ1) is 17.5. The fourth-order valence-corrected chi connectivity index (χ4v) is 7.23. The molecule has 1 aliphatic carbocycles. The van der Waals surface area contributed by atoms with E-state index in [1.165, 1.54) is 30.7 Å². The molecule has 0 radical (unpaired) electrons. The Kier molecular flexibility index (Phi) is 5.94. The predicted molar refractivity (Wildman–Crippen MR) is 143 cm³/mol. The van der Waals surface area contributed by atoms with Crippen LogP contribution in [0.5, 0.6) is 17.2 Å². The Morgan fingerprint density at radius 3 is 2.47 bits per heavy atom. The van der Waals surface area contributed by atoms with Gasteiger partial charge in [-0.2, -0.15) is 0 Å². The maximum atomic E-state index is 13.7. The van der Waals surface area contributed by atoms with Gasteiger partial charge in [0.05, 0.1) is 0 Å². The monoisotopic (exact) mass is 499 g/mol. The van der Waals surface area contributed by atoms with Gasteiger partial charge in [-0.25, -0.2) is 0 Å². The van der Waals surface area contributed by atoms with E-state index in [9.17, 15) is 15.0 Å². The molecule has 3 unspecified atom stereocenters. The summed E-state index contributed by atoms with van der Waals surface area (Å²) in [5.41, 5.74) is 2.04. The molecule has 2 aliphatic rings. The second-order valence-electron chi connectivity index (χ2n) is 10.1. The number of fused-ring (bicyclic) bond motifs is 3. The van der Waals surface area contributed by atoms with Crippen molar-refractivity contribution < 1.29 is 19.7 Å². The normalized spacial score (nSPS) is 21.3. The third-order valence-corrected chi connectivity index (χ3v) is 8.89. The van der Waals surface area contributed by atoms with E-state index in [1.807, 2.05) is 24.3 Å². The molecular formula is C30H29NO4S. The average Bonchev–Trinajstić information content (AvgIpc) is 3.56. The Labute approximate surface area is 214 Å². The van der Waals surface area contributed by atoms with Crippen LogP contribution in [-0.4, -0.2) is 46.6 Å². The number of rotatable bonds is 7. The molecule has 1 aliphatic heterocycles. The molecule has 5 nitrogen and oxygen atoms in total. The van der Waals surface area contributed by atoms with Gasteiger partial charge >= 0.3 is 0 Å². The van der Waals surface area contributed by atoms with Crippen molar-refractivity contribution >= 4 is 27.2 Å². The molecule has 3 aromatic carbocycles. The highest BCUT2D eigenvalue weighted by Gasteiger charge is 2.42. The number of hydrogen-bond donors (Lipinski definition) is 2. The Morgan fingerprint density at radius 1 is 1.00 bits per heavy atom. The lowest BCUT2D eigenvalue weighted by atomic mass is 9.97. The van der Waals surface area contributed by atoms with Crippen molar-refractivity contribution in [2.24, 2.45) is 11.8 Å². The van der Waals surface area contributed by atoms with Gasteiger partial charge < -0.3 is 14.9 Å². The van der Waals surface area contributed by atoms with Gasteiger partial charge in [-0.15, -0.1) is 11.3 Å². The lowest BCUT2D eigenvalue weighted by Crippen LogP contribution is -2.39. The number of likely N-dealkylation sites (tertiary alicyclic amines) is 1. The van der Waals surface area contributed by atoms with E-state index < -0.39 is 0 Å². The second-order valence-corrected chi connectivity index (χ2v) is 11.2. The minimum absolute atomic E-state index is 0.0800. The number of aromatic hydroxyl groups is 2. The highest BCUT2D eigenvalue weighted by atomic mass is 32.1. The highest BCUT2D eigenvalue weighted by Crippen LogP contribution is 2.42. The van der Waals surface area contributed by atoms with E-state index in [2.05, 4.69) is 11.8 Å². The number of piperidine rings is 1. The standard InChI is InChI=1S/C30H29NO4S/c1-18-14-19-15-26(18)31(17-19)12-13-35-24-9-4-20(5-10-24)29(34)28-25-11-8-23(33)16-27(25)36-30(28)21-2-6-22(32)7-3-21/h2-11,16,18-19,26,32-33H,12-15,17H2,1H3. The largest absolute Gasteiger partial charge is 0.508 e. The van der Waals surface area contributed by atoms with Crippen LogP contribution in [0.1, 0.15) is 35.7 Å². The number of ether oxygens (including phenoxy) is 1. The molecule has 1 aromatic heterocycles. The molecule has 4 aromatic rings. The van der Waals surface area contributed by atoms with Crippen LogP contribution in [-0.2, 0) is 0 Å². The Bertz CT molecular complexity index is 1410. The zero-order chi connectivity index (χ0) is 24.8. The fourth-order valence-electron chi connectivity index (χ4n) is 5.99. The number of hydrogen-bond acceptors (Lipinski definition) is 6. The molecule has 2 heterocycles. The zero-order valence-electron chi connectivity index (χ0n) is 20.2. The fraction of sp³-hybridized carbons (Fsp3) is 0.300. The molecule has 36 heavy (non-hydrogen) atoms. The van der Waals surface area contributed by atoms with Crippen molar-refractivity contribution in [1.29, 1.82) is 0 Å². The maximum Gasteiger partial charge on any atom is 0.195 e. The number of phenolic OH excluding ortho intramolecular Hbond substituents is 2. The minimum Gasteiger partial charge on any atom is -0.508 e. The lowest BCUT2D eigenvalue weighted by Gasteiger charge is -2.31. The number of carbonyl (C=O) groups excluding carboxylic acids is 1. The van der Waals surface area contributed by atoms with Crippen LogP contribution in [0.25, 0.3) is 20.5 Å². The van der Waals surface area contributed by atoms with Gasteiger partial charge in [0.1, 0.15) is 23.9 Å². The van der Waals surface area contributed by atoms with Gasteiger partial charge in [0.2, 0.25) is 0 Å². The summed E-state index contributed by atoms with van der Waals surface area (Å²) in [5, 5.41) is 20.5. The number of benzene rings is 3. The van der Waals surface area contributed by atoms with Crippen molar-refractivity contribution in [3.63, 3.8) is 0 Å². The minimum atomic E-state index is -0.0800. The van der Waals surface area contributed by atoms with E-state index in [1.54, 1.807) is 42.5 Å². The van der Waals surface area contributed by atoms with E-state index >= 15 is 0 Å². The summed E-state index contributed by atoms with van der Waals surface area (Å²) < 4.78 is 6.86. The van der Waals surface area contributed by atoms with E-state index in [0.717, 1.165) is 44.7 Å². The van der Waals surface area contributed by atoms with E-state index in [0.29, 0.717) is 23.8 Å². The summed E-state index contributed by atoms with van der Waals surface area (Å²) in [6, 6.07) is 20.0. The average molecular weight is 500 g/mol. The Balaban J connectivity index is 1.21. The summed E-state index contributed by atoms with van der Waals surface area (Å²) in [7, 11) is 0. The van der Waals surface area contributed by atoms with Crippen molar-refractivity contribution in [1.82, 2.24) is 4.90 Å². The molecule has 1 saturated heterocycles. The molecular weight excluding hydrogens is 470 g/mol. The van der Waals surface area contributed by atoms with E-state index in [-0.39, 0.29) is 17.3 Å². The lowest BCUT2D eigenvalue weighted by molar-refractivity contribution is 0.104. The predicted octanol–water partition coefficient (Wildman–Crippen LogP) is 6.32. The third-order valence-electron chi connectivity index (χ3n) is 7.69. The first-order valence-electron chi connectivity index (χ1n) is 12.5. The number of nitrogens with zero attached hydrogens (tertiary/aromatic N) is 1. The van der Waals surface area contributed by atoms with Crippen molar-refractivity contribution in [3.8, 4) is 27.7 Å². The number of thiophene rings is 1. The van der Waals surface area contributed by atoms with Gasteiger partial charge in [0.15, 0.2) is 5.78 Å². The van der Waals surface area contributed by atoms with Gasteiger partial charge in [-0.3, -0.25) is 9.69 Å². The van der Waals surface area contributed by atoms with Crippen molar-refractivity contribution in [2.45, 2.75) is 25.8 Å². The summed E-state index contributed by atoms with van der Waals surface area (Å²) in [4.78, 5) is 17.1. The van der Waals surface area contributed by atoms with Gasteiger partial charge in [-0.05, 0) is 97.0 Å². The van der Waals surface area contributed by atoms with Crippen LogP contribution in [0, 0.1) is 11.8 Å². The van der Waals surface area contributed by atoms with Crippen LogP contribution in [0.3, 0.4) is 0 Å². The molecule has 2 bridgehead atoms. The van der Waals surface area contributed by atoms with Crippen LogP contribution in [0.4, 0.5) is 0 Å². The molecule has 184 valence electrons. The molecule has 3 atom stereocenters. The molecule has 6 heteroatoms. The second kappa shape index (κ2) is 9.26. The Hall–Kier alpha value is -3.35. The first kappa shape index (κ1) is 23.1. The zero-order valence-corrected chi connectivity index (χ0v) is 21.0. The number of phenols is 2. The molecule has 1 saturated carbocycles. The summed E-state index contributed by atoms with van der Waals surface area (Å²) >= 11 is 1.46. The third kappa shape index (κ3) is 4.25. The molecule has 2 N–H and O–H groups in total. The van der Waals surface area contributed by atoms with Crippen LogP contribution in [0.15, 0.2) is 66.7 Å². The van der Waals surface area contributed by atoms with Gasteiger partial charge in [0.25, 0.3) is 0 Å². The van der Waals surface area contributed by atoms with Crippen LogP contribution >= 0.6 is 11.3 Å². The maximum absolute atomic E-state index is 13.7.